The summed E-state index contributed by atoms with van der Waals surface area (Å²) in [6.07, 6.45) is 4.35. The molecule has 0 unspecified atom stereocenters. The number of hydrogen-bond acceptors (Lipinski definition) is 4. The molecule has 0 radical (unpaired) electrons. The molecule has 1 saturated carbocycles. The quantitative estimate of drug-likeness (QED) is 0.682. The minimum Gasteiger partial charge on any atom is -0.502 e. The van der Waals surface area contributed by atoms with Crippen molar-refractivity contribution in [3.05, 3.63) is 21.9 Å². The van der Waals surface area contributed by atoms with Gasteiger partial charge in [-0.05, 0) is 18.9 Å². The summed E-state index contributed by atoms with van der Waals surface area (Å²) in [5.74, 6) is -1.32. The molecule has 102 valence electrons. The summed E-state index contributed by atoms with van der Waals surface area (Å²) in [4.78, 5) is 14.5. The van der Waals surface area contributed by atoms with Crippen LogP contribution in [-0.4, -0.2) is 18.3 Å². The standard InChI is InChI=1S/C13H13BrFNO3/c1-19-9-6-8(14)10(11(15)12(9)18)13(16-7-17)4-2-3-5-13/h6,18H,2-5H2,1H3. The third-order valence-corrected chi connectivity index (χ3v) is 4.16. The highest BCUT2D eigenvalue weighted by atomic mass is 79.9. The second-order valence-electron chi connectivity index (χ2n) is 4.54. The van der Waals surface area contributed by atoms with Crippen LogP contribution in [0.1, 0.15) is 31.2 Å². The van der Waals surface area contributed by atoms with Crippen LogP contribution >= 0.6 is 15.9 Å². The van der Waals surface area contributed by atoms with Gasteiger partial charge in [-0.25, -0.2) is 9.18 Å². The monoisotopic (exact) mass is 329 g/mol. The lowest BCUT2D eigenvalue weighted by Crippen LogP contribution is -2.21. The van der Waals surface area contributed by atoms with Gasteiger partial charge in [0.2, 0.25) is 6.08 Å². The van der Waals surface area contributed by atoms with Gasteiger partial charge in [-0.1, -0.05) is 28.8 Å². The molecule has 0 heterocycles. The predicted molar refractivity (Wildman–Crippen MR) is 70.6 cm³/mol. The van der Waals surface area contributed by atoms with Gasteiger partial charge in [0.25, 0.3) is 0 Å². The van der Waals surface area contributed by atoms with E-state index < -0.39 is 17.1 Å². The summed E-state index contributed by atoms with van der Waals surface area (Å²) < 4.78 is 19.7. The van der Waals surface area contributed by atoms with E-state index in [1.807, 2.05) is 0 Å². The fourth-order valence-electron chi connectivity index (χ4n) is 2.63. The van der Waals surface area contributed by atoms with Gasteiger partial charge in [-0.2, -0.15) is 4.99 Å². The van der Waals surface area contributed by atoms with Gasteiger partial charge in [0.1, 0.15) is 5.54 Å². The molecule has 2 rings (SSSR count). The van der Waals surface area contributed by atoms with Gasteiger partial charge in [0.15, 0.2) is 17.3 Å². The maximum Gasteiger partial charge on any atom is 0.235 e. The molecule has 1 fully saturated rings. The Kier molecular flexibility index (Phi) is 3.92. The molecule has 1 aliphatic carbocycles. The van der Waals surface area contributed by atoms with E-state index in [2.05, 4.69) is 20.9 Å². The zero-order valence-electron chi connectivity index (χ0n) is 10.4. The van der Waals surface area contributed by atoms with Gasteiger partial charge in [-0.3, -0.25) is 0 Å². The average molecular weight is 330 g/mol. The SMILES string of the molecule is COc1cc(Br)c(C2(N=C=O)CCCC2)c(F)c1O. The van der Waals surface area contributed by atoms with Crippen LogP contribution in [0.2, 0.25) is 0 Å². The van der Waals surface area contributed by atoms with E-state index >= 15 is 0 Å². The van der Waals surface area contributed by atoms with E-state index in [-0.39, 0.29) is 11.3 Å². The predicted octanol–water partition coefficient (Wildman–Crippen LogP) is 3.41. The summed E-state index contributed by atoms with van der Waals surface area (Å²) in [6, 6.07) is 1.48. The minimum absolute atomic E-state index is 0.0383. The summed E-state index contributed by atoms with van der Waals surface area (Å²) >= 11 is 3.27. The molecule has 19 heavy (non-hydrogen) atoms. The van der Waals surface area contributed by atoms with Crippen molar-refractivity contribution in [3.8, 4) is 11.5 Å². The van der Waals surface area contributed by atoms with Crippen molar-refractivity contribution in [2.24, 2.45) is 4.99 Å². The van der Waals surface area contributed by atoms with Crippen LogP contribution in [-0.2, 0) is 10.3 Å². The van der Waals surface area contributed by atoms with Crippen molar-refractivity contribution >= 4 is 22.0 Å². The van der Waals surface area contributed by atoms with Crippen molar-refractivity contribution in [2.75, 3.05) is 7.11 Å². The van der Waals surface area contributed by atoms with Crippen molar-refractivity contribution in [1.29, 1.82) is 0 Å². The molecular weight excluding hydrogens is 317 g/mol. The summed E-state index contributed by atoms with van der Waals surface area (Å²) in [6.45, 7) is 0. The normalized spacial score (nSPS) is 17.0. The van der Waals surface area contributed by atoms with Gasteiger partial charge in [0, 0.05) is 10.0 Å². The van der Waals surface area contributed by atoms with Crippen molar-refractivity contribution in [1.82, 2.24) is 0 Å². The van der Waals surface area contributed by atoms with E-state index in [1.165, 1.54) is 19.3 Å². The Hall–Kier alpha value is -1.39. The Morgan fingerprint density at radius 1 is 1.53 bits per heavy atom. The zero-order valence-corrected chi connectivity index (χ0v) is 12.0. The highest BCUT2D eigenvalue weighted by molar-refractivity contribution is 9.10. The number of aromatic hydroxyl groups is 1. The summed E-state index contributed by atoms with van der Waals surface area (Å²) in [7, 11) is 1.34. The van der Waals surface area contributed by atoms with Crippen molar-refractivity contribution < 1.29 is 19.0 Å². The Balaban J connectivity index is 2.67. The van der Waals surface area contributed by atoms with E-state index in [9.17, 15) is 14.3 Å². The van der Waals surface area contributed by atoms with Crippen LogP contribution in [0.3, 0.4) is 0 Å². The van der Waals surface area contributed by atoms with E-state index in [0.29, 0.717) is 17.3 Å². The molecule has 1 aromatic carbocycles. The zero-order chi connectivity index (χ0) is 14.0. The number of carbonyl (C=O) groups excluding carboxylic acids is 1. The van der Waals surface area contributed by atoms with Crippen LogP contribution < -0.4 is 4.74 Å². The maximum absolute atomic E-state index is 14.4. The first-order chi connectivity index (χ1) is 9.05. The highest BCUT2D eigenvalue weighted by Gasteiger charge is 2.41. The number of nitrogens with zero attached hydrogens (tertiary/aromatic N) is 1. The van der Waals surface area contributed by atoms with E-state index in [4.69, 9.17) is 4.74 Å². The van der Waals surface area contributed by atoms with Gasteiger partial charge in [-0.15, -0.1) is 0 Å². The molecule has 6 heteroatoms. The van der Waals surface area contributed by atoms with Crippen LogP contribution in [0.5, 0.6) is 11.5 Å². The number of methoxy groups -OCH3 is 1. The molecule has 4 nitrogen and oxygen atoms in total. The molecule has 1 aliphatic rings. The Labute approximate surface area is 118 Å². The van der Waals surface area contributed by atoms with Crippen LogP contribution in [0.4, 0.5) is 4.39 Å². The molecule has 0 spiro atoms. The molecule has 1 N–H and O–H groups in total. The molecular formula is C13H13BrFNO3. The number of ether oxygens (including phenoxy) is 1. The summed E-state index contributed by atoms with van der Waals surface area (Å²) in [5, 5.41) is 9.78. The van der Waals surface area contributed by atoms with Gasteiger partial charge in [0.05, 0.1) is 7.11 Å². The van der Waals surface area contributed by atoms with E-state index in [0.717, 1.165) is 12.8 Å². The number of aliphatic imine (C=N–C) groups is 1. The number of phenols is 1. The van der Waals surface area contributed by atoms with E-state index in [1.54, 1.807) is 0 Å². The smallest absolute Gasteiger partial charge is 0.235 e. The minimum atomic E-state index is -0.936. The molecule has 0 amide bonds. The number of halogens is 2. The van der Waals surface area contributed by atoms with Crippen LogP contribution in [0, 0.1) is 5.82 Å². The lowest BCUT2D eigenvalue weighted by atomic mass is 9.88. The third kappa shape index (κ3) is 2.26. The molecule has 0 bridgehead atoms. The molecule has 0 aromatic heterocycles. The first kappa shape index (κ1) is 14.0. The molecule has 0 aliphatic heterocycles. The maximum atomic E-state index is 14.4. The Morgan fingerprint density at radius 2 is 2.16 bits per heavy atom. The molecule has 1 aromatic rings. The molecule has 0 atom stereocenters. The summed E-state index contributed by atoms with van der Waals surface area (Å²) in [5.41, 5.74) is -0.735. The van der Waals surface area contributed by atoms with Crippen LogP contribution in [0.25, 0.3) is 0 Å². The lowest BCUT2D eigenvalue weighted by molar-refractivity contribution is 0.345. The van der Waals surface area contributed by atoms with Gasteiger partial charge < -0.3 is 9.84 Å². The van der Waals surface area contributed by atoms with Crippen molar-refractivity contribution in [3.63, 3.8) is 0 Å². The number of isocyanates is 1. The number of hydrogen-bond donors (Lipinski definition) is 1. The number of phenolic OH excluding ortho intramolecular Hbond substituents is 1. The average Bonchev–Trinajstić information content (AvgIpc) is 2.83. The first-order valence-electron chi connectivity index (χ1n) is 5.90. The Bertz CT molecular complexity index is 549. The van der Waals surface area contributed by atoms with Crippen molar-refractivity contribution in [2.45, 2.75) is 31.2 Å². The second kappa shape index (κ2) is 5.31. The van der Waals surface area contributed by atoms with Gasteiger partial charge >= 0.3 is 0 Å². The fourth-order valence-corrected chi connectivity index (χ4v) is 3.39. The van der Waals surface area contributed by atoms with Crippen LogP contribution in [0.15, 0.2) is 15.5 Å². The topological polar surface area (TPSA) is 58.9 Å². The number of benzene rings is 1. The first-order valence-corrected chi connectivity index (χ1v) is 6.69. The molecule has 0 saturated heterocycles. The largest absolute Gasteiger partial charge is 0.502 e. The Morgan fingerprint density at radius 3 is 2.68 bits per heavy atom. The third-order valence-electron chi connectivity index (χ3n) is 3.53. The number of rotatable bonds is 3. The second-order valence-corrected chi connectivity index (χ2v) is 5.39. The fraction of sp³-hybridized carbons (Fsp3) is 0.462. The highest BCUT2D eigenvalue weighted by Crippen LogP contribution is 2.49. The lowest BCUT2D eigenvalue weighted by Gasteiger charge is -2.25.